The van der Waals surface area contributed by atoms with E-state index in [0.717, 1.165) is 33.0 Å². The summed E-state index contributed by atoms with van der Waals surface area (Å²) in [7, 11) is 1.69. The Balaban J connectivity index is 2.46. The highest BCUT2D eigenvalue weighted by Crippen LogP contribution is 2.31. The van der Waals surface area contributed by atoms with Gasteiger partial charge in [0, 0.05) is 4.88 Å². The quantitative estimate of drug-likeness (QED) is 0.924. The van der Waals surface area contributed by atoms with Crippen LogP contribution in [-0.4, -0.2) is 12.1 Å². The molecule has 0 aliphatic heterocycles. The molecule has 1 aromatic carbocycles. The second-order valence-corrected chi connectivity index (χ2v) is 5.34. The first kappa shape index (κ1) is 13.1. The molecule has 18 heavy (non-hydrogen) atoms. The van der Waals surface area contributed by atoms with Crippen LogP contribution in [0.2, 0.25) is 0 Å². The van der Waals surface area contributed by atoms with Crippen LogP contribution in [0.25, 0.3) is 0 Å². The van der Waals surface area contributed by atoms with E-state index < -0.39 is 0 Å². The summed E-state index contributed by atoms with van der Waals surface area (Å²) in [5, 5.41) is 0. The topological polar surface area (TPSA) is 48.1 Å². The lowest BCUT2D eigenvalue weighted by Crippen LogP contribution is -2.13. The molecule has 0 spiro atoms. The number of hydrogen-bond acceptors (Lipinski definition) is 4. The number of rotatable bonds is 3. The zero-order valence-electron chi connectivity index (χ0n) is 11.2. The molecular formula is C14H18N2OS. The molecule has 96 valence electrons. The predicted octanol–water partition coefficient (Wildman–Crippen LogP) is 3.13. The first-order valence-corrected chi connectivity index (χ1v) is 6.73. The van der Waals surface area contributed by atoms with Crippen LogP contribution in [0, 0.1) is 20.8 Å². The first-order chi connectivity index (χ1) is 8.54. The lowest BCUT2D eigenvalue weighted by molar-refractivity contribution is 0.411. The van der Waals surface area contributed by atoms with E-state index in [1.54, 1.807) is 18.4 Å². The number of nitrogens with zero attached hydrogens (tertiary/aromatic N) is 1. The molecular weight excluding hydrogens is 244 g/mol. The second kappa shape index (κ2) is 5.08. The zero-order valence-corrected chi connectivity index (χ0v) is 12.0. The molecule has 1 heterocycles. The molecule has 3 nitrogen and oxygen atoms in total. The molecule has 0 bridgehead atoms. The number of methoxy groups -OCH3 is 1. The van der Waals surface area contributed by atoms with Crippen molar-refractivity contribution in [2.24, 2.45) is 5.73 Å². The van der Waals surface area contributed by atoms with E-state index in [4.69, 9.17) is 10.5 Å². The number of thiazole rings is 1. The minimum atomic E-state index is -0.109. The van der Waals surface area contributed by atoms with Gasteiger partial charge in [-0.25, -0.2) is 4.98 Å². The van der Waals surface area contributed by atoms with Crippen LogP contribution in [0.3, 0.4) is 0 Å². The standard InChI is InChI=1S/C14H18N2OS/c1-8-6-12(17-4)9(2)5-11(8)13(15)14-10(3)16-7-18-14/h5-7,13H,15H2,1-4H3. The molecule has 0 saturated carbocycles. The van der Waals surface area contributed by atoms with Gasteiger partial charge in [-0.3, -0.25) is 0 Å². The summed E-state index contributed by atoms with van der Waals surface area (Å²) in [4.78, 5) is 5.39. The minimum Gasteiger partial charge on any atom is -0.496 e. The van der Waals surface area contributed by atoms with Gasteiger partial charge in [-0.2, -0.15) is 0 Å². The summed E-state index contributed by atoms with van der Waals surface area (Å²) in [5.74, 6) is 0.907. The van der Waals surface area contributed by atoms with E-state index in [0.29, 0.717) is 0 Å². The van der Waals surface area contributed by atoms with Crippen molar-refractivity contribution >= 4 is 11.3 Å². The highest BCUT2D eigenvalue weighted by Gasteiger charge is 2.17. The molecule has 0 aliphatic rings. The average molecular weight is 262 g/mol. The maximum atomic E-state index is 6.35. The van der Waals surface area contributed by atoms with Crippen molar-refractivity contribution in [1.29, 1.82) is 0 Å². The predicted molar refractivity (Wildman–Crippen MR) is 75.3 cm³/mol. The van der Waals surface area contributed by atoms with E-state index in [1.165, 1.54) is 0 Å². The van der Waals surface area contributed by atoms with Crippen LogP contribution >= 0.6 is 11.3 Å². The van der Waals surface area contributed by atoms with Gasteiger partial charge in [-0.05, 0) is 43.5 Å². The second-order valence-electron chi connectivity index (χ2n) is 4.46. The van der Waals surface area contributed by atoms with E-state index in [1.807, 2.05) is 25.4 Å². The number of benzene rings is 1. The monoisotopic (exact) mass is 262 g/mol. The first-order valence-electron chi connectivity index (χ1n) is 5.85. The summed E-state index contributed by atoms with van der Waals surface area (Å²) in [6.07, 6.45) is 0. The van der Waals surface area contributed by atoms with Crippen LogP contribution < -0.4 is 10.5 Å². The third-order valence-electron chi connectivity index (χ3n) is 3.18. The van der Waals surface area contributed by atoms with Crippen molar-refractivity contribution in [2.45, 2.75) is 26.8 Å². The maximum absolute atomic E-state index is 6.35. The van der Waals surface area contributed by atoms with Crippen molar-refractivity contribution in [3.05, 3.63) is 44.9 Å². The Bertz CT molecular complexity index is 563. The summed E-state index contributed by atoms with van der Waals surface area (Å²) in [6, 6.07) is 4.04. The number of aryl methyl sites for hydroxylation is 3. The molecule has 2 aromatic rings. The lowest BCUT2D eigenvalue weighted by Gasteiger charge is -2.16. The van der Waals surface area contributed by atoms with Gasteiger partial charge in [0.05, 0.1) is 24.4 Å². The SMILES string of the molecule is COc1cc(C)c(C(N)c2scnc2C)cc1C. The molecule has 1 atom stereocenters. The maximum Gasteiger partial charge on any atom is 0.122 e. The Labute approximate surface area is 112 Å². The Morgan fingerprint density at radius 1 is 1.22 bits per heavy atom. The van der Waals surface area contributed by atoms with Gasteiger partial charge in [0.15, 0.2) is 0 Å². The fourth-order valence-electron chi connectivity index (χ4n) is 2.12. The number of nitrogens with two attached hydrogens (primary N) is 1. The molecule has 0 fully saturated rings. The molecule has 2 N–H and O–H groups in total. The zero-order chi connectivity index (χ0) is 13.3. The molecule has 1 aromatic heterocycles. The van der Waals surface area contributed by atoms with Crippen LogP contribution in [0.15, 0.2) is 17.6 Å². The van der Waals surface area contributed by atoms with Gasteiger partial charge in [-0.15, -0.1) is 11.3 Å². The van der Waals surface area contributed by atoms with Crippen molar-refractivity contribution < 1.29 is 4.74 Å². The minimum absolute atomic E-state index is 0.109. The Morgan fingerprint density at radius 3 is 2.50 bits per heavy atom. The fourth-order valence-corrected chi connectivity index (χ4v) is 2.94. The Morgan fingerprint density at radius 2 is 1.94 bits per heavy atom. The molecule has 2 rings (SSSR count). The normalized spacial score (nSPS) is 12.5. The molecule has 0 amide bonds. The van der Waals surface area contributed by atoms with Crippen molar-refractivity contribution in [3.63, 3.8) is 0 Å². The average Bonchev–Trinajstić information content (AvgIpc) is 2.77. The van der Waals surface area contributed by atoms with Crippen LogP contribution in [0.4, 0.5) is 0 Å². The Hall–Kier alpha value is -1.39. The fraction of sp³-hybridized carbons (Fsp3) is 0.357. The smallest absolute Gasteiger partial charge is 0.122 e. The van der Waals surface area contributed by atoms with Gasteiger partial charge in [0.1, 0.15) is 5.75 Å². The highest BCUT2D eigenvalue weighted by molar-refractivity contribution is 7.09. The number of hydrogen-bond donors (Lipinski definition) is 1. The number of aromatic nitrogens is 1. The van der Waals surface area contributed by atoms with Crippen LogP contribution in [-0.2, 0) is 0 Å². The summed E-state index contributed by atoms with van der Waals surface area (Å²) < 4.78 is 5.32. The third kappa shape index (κ3) is 2.26. The van der Waals surface area contributed by atoms with E-state index >= 15 is 0 Å². The molecule has 0 saturated heterocycles. The van der Waals surface area contributed by atoms with E-state index in [9.17, 15) is 0 Å². The number of ether oxygens (including phenoxy) is 1. The van der Waals surface area contributed by atoms with E-state index in [2.05, 4.69) is 18.0 Å². The van der Waals surface area contributed by atoms with Crippen molar-refractivity contribution in [2.75, 3.05) is 7.11 Å². The summed E-state index contributed by atoms with van der Waals surface area (Å²) in [6.45, 7) is 6.10. The van der Waals surface area contributed by atoms with Crippen molar-refractivity contribution in [1.82, 2.24) is 4.98 Å². The van der Waals surface area contributed by atoms with Gasteiger partial charge in [0.2, 0.25) is 0 Å². The lowest BCUT2D eigenvalue weighted by atomic mass is 9.97. The van der Waals surface area contributed by atoms with Gasteiger partial charge in [-0.1, -0.05) is 6.07 Å². The van der Waals surface area contributed by atoms with Crippen LogP contribution in [0.5, 0.6) is 5.75 Å². The summed E-state index contributed by atoms with van der Waals surface area (Å²) in [5.41, 5.74) is 12.6. The third-order valence-corrected chi connectivity index (χ3v) is 4.20. The largest absolute Gasteiger partial charge is 0.496 e. The van der Waals surface area contributed by atoms with Gasteiger partial charge >= 0.3 is 0 Å². The molecule has 0 radical (unpaired) electrons. The Kier molecular flexibility index (Phi) is 3.68. The van der Waals surface area contributed by atoms with Crippen LogP contribution in [0.1, 0.15) is 33.3 Å². The summed E-state index contributed by atoms with van der Waals surface area (Å²) >= 11 is 1.61. The van der Waals surface area contributed by atoms with Crippen molar-refractivity contribution in [3.8, 4) is 5.75 Å². The van der Waals surface area contributed by atoms with E-state index in [-0.39, 0.29) is 6.04 Å². The molecule has 0 aliphatic carbocycles. The molecule has 1 unspecified atom stereocenters. The molecule has 4 heteroatoms. The van der Waals surface area contributed by atoms with Gasteiger partial charge < -0.3 is 10.5 Å². The highest BCUT2D eigenvalue weighted by atomic mass is 32.1. The van der Waals surface area contributed by atoms with Gasteiger partial charge in [0.25, 0.3) is 0 Å².